The minimum absolute atomic E-state index is 0.0967. The number of rotatable bonds is 3. The van der Waals surface area contributed by atoms with Crippen molar-refractivity contribution in [3.05, 3.63) is 78.1 Å². The fourth-order valence-electron chi connectivity index (χ4n) is 3.75. The van der Waals surface area contributed by atoms with Gasteiger partial charge in [0.15, 0.2) is 0 Å². The lowest BCUT2D eigenvalue weighted by atomic mass is 10.2. The van der Waals surface area contributed by atoms with Gasteiger partial charge in [0.2, 0.25) is 0 Å². The zero-order chi connectivity index (χ0) is 18.9. The smallest absolute Gasteiger partial charge is 0.266 e. The largest absolute Gasteiger partial charge is 0.368 e. The average Bonchev–Trinajstić information content (AvgIpc) is 3.41. The number of piperazine rings is 1. The highest BCUT2D eigenvalue weighted by Gasteiger charge is 2.27. The molecule has 4 heterocycles. The molecule has 6 heteroatoms. The fourth-order valence-corrected chi connectivity index (χ4v) is 4.86. The summed E-state index contributed by atoms with van der Waals surface area (Å²) in [5.41, 5.74) is 2.15. The summed E-state index contributed by atoms with van der Waals surface area (Å²) in [6, 6.07) is 18.3. The standard InChI is InChI=1S/C22H20N4OS/c27-22(26-15-13-24(14-16-26)17-7-2-1-3-8-17)20-19(25-11-4-5-12-25)18-9-6-10-23-21(18)28-20/h1-12H,13-16H2. The van der Waals surface area contributed by atoms with E-state index >= 15 is 0 Å². The van der Waals surface area contributed by atoms with Crippen molar-refractivity contribution in [2.45, 2.75) is 0 Å². The number of fused-ring (bicyclic) bond motifs is 1. The van der Waals surface area contributed by atoms with E-state index in [-0.39, 0.29) is 5.91 Å². The minimum atomic E-state index is 0.0967. The lowest BCUT2D eigenvalue weighted by Gasteiger charge is -2.36. The maximum absolute atomic E-state index is 13.4. The number of hydrogen-bond acceptors (Lipinski definition) is 4. The number of para-hydroxylation sites is 1. The van der Waals surface area contributed by atoms with E-state index in [0.717, 1.165) is 47.0 Å². The molecule has 28 heavy (non-hydrogen) atoms. The maximum Gasteiger partial charge on any atom is 0.266 e. The molecular formula is C22H20N4OS. The van der Waals surface area contributed by atoms with Gasteiger partial charge < -0.3 is 14.4 Å². The van der Waals surface area contributed by atoms with Crippen LogP contribution in [-0.4, -0.2) is 46.5 Å². The van der Waals surface area contributed by atoms with Crippen molar-refractivity contribution in [1.29, 1.82) is 0 Å². The maximum atomic E-state index is 13.4. The van der Waals surface area contributed by atoms with Crippen molar-refractivity contribution >= 4 is 33.1 Å². The number of benzene rings is 1. The van der Waals surface area contributed by atoms with Gasteiger partial charge in [-0.2, -0.15) is 0 Å². The van der Waals surface area contributed by atoms with Crippen LogP contribution in [-0.2, 0) is 0 Å². The second kappa shape index (κ2) is 7.13. The Morgan fingerprint density at radius 2 is 1.64 bits per heavy atom. The lowest BCUT2D eigenvalue weighted by Crippen LogP contribution is -2.48. The molecule has 3 aromatic heterocycles. The molecule has 1 saturated heterocycles. The molecule has 0 unspecified atom stereocenters. The zero-order valence-corrected chi connectivity index (χ0v) is 16.2. The third-order valence-electron chi connectivity index (χ3n) is 5.19. The summed E-state index contributed by atoms with van der Waals surface area (Å²) in [6.07, 6.45) is 5.75. The Hall–Kier alpha value is -3.12. The molecule has 1 aliphatic heterocycles. The first-order valence-corrected chi connectivity index (χ1v) is 10.2. The van der Waals surface area contributed by atoms with Gasteiger partial charge in [0, 0.05) is 55.8 Å². The molecule has 5 nitrogen and oxygen atoms in total. The molecule has 1 amide bonds. The lowest BCUT2D eigenvalue weighted by molar-refractivity contribution is 0.0752. The molecule has 5 rings (SSSR count). The highest BCUT2D eigenvalue weighted by molar-refractivity contribution is 7.21. The van der Waals surface area contributed by atoms with Gasteiger partial charge in [0.1, 0.15) is 9.71 Å². The minimum Gasteiger partial charge on any atom is -0.368 e. The van der Waals surface area contributed by atoms with Crippen molar-refractivity contribution in [3.8, 4) is 5.69 Å². The van der Waals surface area contributed by atoms with Crippen LogP contribution in [0.3, 0.4) is 0 Å². The van der Waals surface area contributed by atoms with Crippen LogP contribution >= 0.6 is 11.3 Å². The van der Waals surface area contributed by atoms with Gasteiger partial charge in [-0.05, 0) is 36.4 Å². The van der Waals surface area contributed by atoms with E-state index in [0.29, 0.717) is 0 Å². The Labute approximate surface area is 167 Å². The summed E-state index contributed by atoms with van der Waals surface area (Å²) < 4.78 is 2.02. The van der Waals surface area contributed by atoms with E-state index < -0.39 is 0 Å². The Bertz CT molecular complexity index is 1100. The summed E-state index contributed by atoms with van der Waals surface area (Å²) in [5.74, 6) is 0.0967. The van der Waals surface area contributed by atoms with Gasteiger partial charge >= 0.3 is 0 Å². The van der Waals surface area contributed by atoms with E-state index in [4.69, 9.17) is 0 Å². The van der Waals surface area contributed by atoms with Crippen LogP contribution in [0.5, 0.6) is 0 Å². The number of thiophene rings is 1. The van der Waals surface area contributed by atoms with Gasteiger partial charge in [0.25, 0.3) is 5.91 Å². The third kappa shape index (κ3) is 2.96. The zero-order valence-electron chi connectivity index (χ0n) is 15.4. The van der Waals surface area contributed by atoms with Gasteiger partial charge in [-0.25, -0.2) is 4.98 Å². The molecule has 0 saturated carbocycles. The normalized spacial score (nSPS) is 14.6. The number of carbonyl (C=O) groups excluding carboxylic acids is 1. The number of aromatic nitrogens is 2. The molecule has 0 radical (unpaired) electrons. The van der Waals surface area contributed by atoms with Gasteiger partial charge in [-0.15, -0.1) is 11.3 Å². The predicted octanol–water partition coefficient (Wildman–Crippen LogP) is 4.05. The quantitative estimate of drug-likeness (QED) is 0.532. The van der Waals surface area contributed by atoms with E-state index in [1.165, 1.54) is 17.0 Å². The number of anilines is 1. The van der Waals surface area contributed by atoms with Crippen molar-refractivity contribution in [2.75, 3.05) is 31.1 Å². The molecule has 0 aliphatic carbocycles. The number of pyridine rings is 1. The summed E-state index contributed by atoms with van der Waals surface area (Å²) in [5, 5.41) is 1.02. The first-order valence-electron chi connectivity index (χ1n) is 9.41. The highest BCUT2D eigenvalue weighted by atomic mass is 32.1. The van der Waals surface area contributed by atoms with Gasteiger partial charge in [-0.3, -0.25) is 4.79 Å². The Kier molecular flexibility index (Phi) is 4.33. The monoisotopic (exact) mass is 388 g/mol. The third-order valence-corrected chi connectivity index (χ3v) is 6.28. The van der Waals surface area contributed by atoms with Crippen LogP contribution in [0.4, 0.5) is 5.69 Å². The molecule has 4 aromatic rings. The van der Waals surface area contributed by atoms with Crippen molar-refractivity contribution in [1.82, 2.24) is 14.5 Å². The Balaban J connectivity index is 1.43. The predicted molar refractivity (Wildman–Crippen MR) is 114 cm³/mol. The molecular weight excluding hydrogens is 368 g/mol. The molecule has 1 aromatic carbocycles. The molecule has 0 atom stereocenters. The van der Waals surface area contributed by atoms with Crippen LogP contribution in [0.1, 0.15) is 9.67 Å². The number of hydrogen-bond donors (Lipinski definition) is 0. The molecule has 0 spiro atoms. The number of amides is 1. The summed E-state index contributed by atoms with van der Waals surface area (Å²) >= 11 is 1.48. The number of nitrogens with zero attached hydrogens (tertiary/aromatic N) is 4. The van der Waals surface area contributed by atoms with Crippen LogP contribution in [0, 0.1) is 0 Å². The second-order valence-electron chi connectivity index (χ2n) is 6.84. The fraction of sp³-hybridized carbons (Fsp3) is 0.182. The van der Waals surface area contributed by atoms with Crippen LogP contribution in [0.15, 0.2) is 73.2 Å². The van der Waals surface area contributed by atoms with Crippen molar-refractivity contribution in [3.63, 3.8) is 0 Å². The molecule has 0 N–H and O–H groups in total. The van der Waals surface area contributed by atoms with Crippen molar-refractivity contribution < 1.29 is 4.79 Å². The molecule has 1 fully saturated rings. The summed E-state index contributed by atoms with van der Waals surface area (Å²) in [6.45, 7) is 3.14. The molecule has 1 aliphatic rings. The first kappa shape index (κ1) is 17.0. The highest BCUT2D eigenvalue weighted by Crippen LogP contribution is 2.34. The summed E-state index contributed by atoms with van der Waals surface area (Å²) in [7, 11) is 0. The van der Waals surface area contributed by atoms with E-state index in [1.54, 1.807) is 6.20 Å². The van der Waals surface area contributed by atoms with E-state index in [2.05, 4.69) is 34.1 Å². The van der Waals surface area contributed by atoms with E-state index in [1.807, 2.05) is 52.2 Å². The van der Waals surface area contributed by atoms with Crippen LogP contribution in [0.25, 0.3) is 15.9 Å². The van der Waals surface area contributed by atoms with Crippen LogP contribution < -0.4 is 4.90 Å². The van der Waals surface area contributed by atoms with E-state index in [9.17, 15) is 4.79 Å². The number of carbonyl (C=O) groups is 1. The van der Waals surface area contributed by atoms with Gasteiger partial charge in [-0.1, -0.05) is 18.2 Å². The summed E-state index contributed by atoms with van der Waals surface area (Å²) in [4.78, 5) is 23.9. The topological polar surface area (TPSA) is 41.4 Å². The Morgan fingerprint density at radius 3 is 2.39 bits per heavy atom. The Morgan fingerprint density at radius 1 is 0.893 bits per heavy atom. The SMILES string of the molecule is O=C(c1sc2ncccc2c1-n1cccc1)N1CCN(c2ccccc2)CC1. The van der Waals surface area contributed by atoms with Crippen LogP contribution in [0.2, 0.25) is 0 Å². The molecule has 0 bridgehead atoms. The average molecular weight is 388 g/mol. The van der Waals surface area contributed by atoms with Crippen molar-refractivity contribution in [2.24, 2.45) is 0 Å². The first-order chi connectivity index (χ1) is 13.8. The second-order valence-corrected chi connectivity index (χ2v) is 7.84. The molecule has 140 valence electrons. The van der Waals surface area contributed by atoms with Gasteiger partial charge in [0.05, 0.1) is 5.69 Å².